The number of carbonyl (C=O) groups excluding carboxylic acids is 1. The molecule has 2 aromatic heterocycles. The van der Waals surface area contributed by atoms with Gasteiger partial charge in [0, 0.05) is 10.4 Å². The van der Waals surface area contributed by atoms with E-state index < -0.39 is 0 Å². The van der Waals surface area contributed by atoms with Crippen LogP contribution < -0.4 is 11.0 Å². The van der Waals surface area contributed by atoms with Crippen molar-refractivity contribution in [2.75, 3.05) is 5.75 Å². The molecule has 0 fully saturated rings. The third-order valence-corrected chi connectivity index (χ3v) is 9.63. The Labute approximate surface area is 244 Å². The number of rotatable bonds is 6. The van der Waals surface area contributed by atoms with Gasteiger partial charge in [-0.15, -0.1) is 11.3 Å². The van der Waals surface area contributed by atoms with Crippen molar-refractivity contribution in [1.82, 2.24) is 15.0 Å². The maximum Gasteiger partial charge on any atom is 0.267 e. The van der Waals surface area contributed by atoms with Gasteiger partial charge in [0.15, 0.2) is 5.16 Å². The largest absolute Gasteiger partial charge is 0.272 e. The van der Waals surface area contributed by atoms with Gasteiger partial charge in [-0.3, -0.25) is 14.2 Å². The van der Waals surface area contributed by atoms with Crippen LogP contribution in [0, 0.1) is 0 Å². The number of fused-ring (bicyclic) bond motifs is 5. The smallest absolute Gasteiger partial charge is 0.267 e. The molecule has 0 bridgehead atoms. The third kappa shape index (κ3) is 4.83. The number of aryl methyl sites for hydroxylation is 2. The zero-order valence-corrected chi connectivity index (χ0v) is 23.8. The number of amides is 1. The summed E-state index contributed by atoms with van der Waals surface area (Å²) in [6.07, 6.45) is 5.86. The molecule has 41 heavy (non-hydrogen) atoms. The van der Waals surface area contributed by atoms with Gasteiger partial charge in [0.05, 0.1) is 23.0 Å². The highest BCUT2D eigenvalue weighted by Crippen LogP contribution is 2.35. The van der Waals surface area contributed by atoms with E-state index in [1.165, 1.54) is 16.6 Å². The number of hydrogen-bond donors (Lipinski definition) is 1. The summed E-state index contributed by atoms with van der Waals surface area (Å²) in [5.41, 5.74) is 5.47. The monoisotopic (exact) mass is 574 g/mol. The Balaban J connectivity index is 1.17. The molecule has 1 amide bonds. The Hall–Kier alpha value is -4.27. The topological polar surface area (TPSA) is 76.3 Å². The van der Waals surface area contributed by atoms with E-state index in [-0.39, 0.29) is 17.2 Å². The van der Waals surface area contributed by atoms with E-state index in [0.29, 0.717) is 5.16 Å². The van der Waals surface area contributed by atoms with Gasteiger partial charge in [-0.2, -0.15) is 5.10 Å². The van der Waals surface area contributed by atoms with E-state index in [1.807, 2.05) is 54.6 Å². The van der Waals surface area contributed by atoms with E-state index in [0.717, 1.165) is 74.3 Å². The lowest BCUT2D eigenvalue weighted by molar-refractivity contribution is -0.118. The minimum absolute atomic E-state index is 0.0654. The number of thioether (sulfide) groups is 1. The van der Waals surface area contributed by atoms with Crippen LogP contribution in [0.5, 0.6) is 0 Å². The molecule has 1 aliphatic rings. The zero-order valence-electron chi connectivity index (χ0n) is 22.2. The first-order valence-electron chi connectivity index (χ1n) is 13.7. The van der Waals surface area contributed by atoms with Crippen molar-refractivity contribution in [3.63, 3.8) is 0 Å². The molecule has 8 heteroatoms. The van der Waals surface area contributed by atoms with Gasteiger partial charge in [0.2, 0.25) is 0 Å². The molecule has 0 unspecified atom stereocenters. The number of benzene rings is 4. The molecule has 0 saturated carbocycles. The lowest BCUT2D eigenvalue weighted by Crippen LogP contribution is -2.24. The lowest BCUT2D eigenvalue weighted by Gasteiger charge is -2.13. The van der Waals surface area contributed by atoms with E-state index in [4.69, 9.17) is 4.98 Å². The maximum absolute atomic E-state index is 13.9. The molecule has 0 atom stereocenters. The van der Waals surface area contributed by atoms with E-state index in [1.54, 1.807) is 22.1 Å². The van der Waals surface area contributed by atoms with Crippen LogP contribution in [0.1, 0.15) is 28.8 Å². The van der Waals surface area contributed by atoms with Gasteiger partial charge in [-0.1, -0.05) is 78.5 Å². The van der Waals surface area contributed by atoms with Crippen molar-refractivity contribution >= 4 is 67.0 Å². The van der Waals surface area contributed by atoms with Gasteiger partial charge in [-0.25, -0.2) is 10.4 Å². The molecule has 4 aromatic carbocycles. The van der Waals surface area contributed by atoms with Crippen LogP contribution in [-0.2, 0) is 17.6 Å². The molecule has 202 valence electrons. The summed E-state index contributed by atoms with van der Waals surface area (Å²) in [4.78, 5) is 33.7. The number of para-hydroxylation sites is 1. The van der Waals surface area contributed by atoms with Crippen molar-refractivity contribution < 1.29 is 4.79 Å². The predicted octanol–water partition coefficient (Wildman–Crippen LogP) is 6.87. The molecule has 0 aliphatic heterocycles. The van der Waals surface area contributed by atoms with Gasteiger partial charge in [0.1, 0.15) is 4.83 Å². The fourth-order valence-electron chi connectivity index (χ4n) is 5.61. The van der Waals surface area contributed by atoms with Crippen LogP contribution in [0.15, 0.2) is 100.0 Å². The number of nitrogens with one attached hydrogen (secondary N) is 1. The second kappa shape index (κ2) is 11.0. The second-order valence-corrected chi connectivity index (χ2v) is 12.1. The predicted molar refractivity (Wildman–Crippen MR) is 170 cm³/mol. The van der Waals surface area contributed by atoms with Gasteiger partial charge < -0.3 is 0 Å². The summed E-state index contributed by atoms with van der Waals surface area (Å²) in [6.45, 7) is 0. The highest BCUT2D eigenvalue weighted by atomic mass is 32.2. The summed E-state index contributed by atoms with van der Waals surface area (Å²) in [7, 11) is 0. The van der Waals surface area contributed by atoms with Gasteiger partial charge in [-0.05, 0) is 71.0 Å². The van der Waals surface area contributed by atoms with Crippen LogP contribution in [-0.4, -0.2) is 27.4 Å². The summed E-state index contributed by atoms with van der Waals surface area (Å²) in [5, 5.41) is 9.93. The van der Waals surface area contributed by atoms with Gasteiger partial charge >= 0.3 is 0 Å². The Morgan fingerprint density at radius 1 is 0.951 bits per heavy atom. The van der Waals surface area contributed by atoms with Crippen LogP contribution in [0.2, 0.25) is 0 Å². The third-order valence-electron chi connectivity index (χ3n) is 7.50. The number of hydrazone groups is 1. The molecular weight excluding hydrogens is 549 g/mol. The van der Waals surface area contributed by atoms with Crippen LogP contribution in [0.25, 0.3) is 37.4 Å². The number of nitrogens with zero attached hydrogens (tertiary/aromatic N) is 3. The second-order valence-electron chi connectivity index (χ2n) is 10.1. The first kappa shape index (κ1) is 25.7. The fraction of sp³-hybridized carbons (Fsp3) is 0.152. The summed E-state index contributed by atoms with van der Waals surface area (Å²) in [5.74, 6) is -0.195. The van der Waals surface area contributed by atoms with Crippen LogP contribution in [0.4, 0.5) is 0 Å². The lowest BCUT2D eigenvalue weighted by atomic mass is 9.97. The number of hydrogen-bond acceptors (Lipinski definition) is 6. The molecular formula is C33H26N4O2S2. The average molecular weight is 575 g/mol. The van der Waals surface area contributed by atoms with Crippen molar-refractivity contribution in [2.45, 2.75) is 30.8 Å². The van der Waals surface area contributed by atoms with Gasteiger partial charge in [0.25, 0.3) is 11.5 Å². The van der Waals surface area contributed by atoms with E-state index >= 15 is 0 Å². The molecule has 6 aromatic rings. The highest BCUT2D eigenvalue weighted by Gasteiger charge is 2.23. The quantitative estimate of drug-likeness (QED) is 0.0774. The summed E-state index contributed by atoms with van der Waals surface area (Å²) in [6, 6.07) is 28.0. The number of carbonyl (C=O) groups is 1. The average Bonchev–Trinajstić information content (AvgIpc) is 3.39. The molecule has 2 heterocycles. The minimum Gasteiger partial charge on any atom is -0.272 e. The first-order chi connectivity index (χ1) is 20.2. The van der Waals surface area contributed by atoms with Crippen molar-refractivity contribution in [1.29, 1.82) is 0 Å². The molecule has 1 N–H and O–H groups in total. The molecule has 7 rings (SSSR count). The van der Waals surface area contributed by atoms with Crippen molar-refractivity contribution in [3.05, 3.63) is 111 Å². The SMILES string of the molecule is O=C(CSc1nc2sc3c(c2c(=O)n1-c1ccccc1)CCCC3)NN=Cc1c2ccccc2cc2ccccc12. The Morgan fingerprint density at radius 3 is 2.39 bits per heavy atom. The summed E-state index contributed by atoms with van der Waals surface area (Å²) < 4.78 is 1.65. The molecule has 6 nitrogen and oxygen atoms in total. The van der Waals surface area contributed by atoms with E-state index in [9.17, 15) is 9.59 Å². The maximum atomic E-state index is 13.9. The Bertz CT molecular complexity index is 1970. The van der Waals surface area contributed by atoms with Crippen LogP contribution >= 0.6 is 23.1 Å². The highest BCUT2D eigenvalue weighted by molar-refractivity contribution is 7.99. The molecule has 0 radical (unpaired) electrons. The normalized spacial score (nSPS) is 13.3. The minimum atomic E-state index is -0.268. The van der Waals surface area contributed by atoms with Crippen molar-refractivity contribution in [2.24, 2.45) is 5.10 Å². The summed E-state index contributed by atoms with van der Waals surface area (Å²) >= 11 is 2.87. The number of thiophene rings is 1. The molecule has 1 aliphatic carbocycles. The fourth-order valence-corrected chi connectivity index (χ4v) is 7.71. The standard InChI is InChI=1S/C33H26N4O2S2/c38-29(36-34-19-27-24-14-6-4-10-21(24)18-22-11-5-7-15-25(22)27)20-40-33-35-31-30(26-16-8-9-17-28(26)41-31)32(39)37(33)23-12-2-1-3-13-23/h1-7,10-15,18-19H,8-9,16-17,20H2,(H,36,38). The Kier molecular flexibility index (Phi) is 6.86. The Morgan fingerprint density at radius 2 is 1.63 bits per heavy atom. The first-order valence-corrected chi connectivity index (χ1v) is 15.5. The molecule has 0 saturated heterocycles. The van der Waals surface area contributed by atoms with Crippen LogP contribution in [0.3, 0.4) is 0 Å². The van der Waals surface area contributed by atoms with E-state index in [2.05, 4.69) is 40.9 Å². The zero-order chi connectivity index (χ0) is 27.8. The molecule has 0 spiro atoms. The van der Waals surface area contributed by atoms with Crippen molar-refractivity contribution in [3.8, 4) is 5.69 Å². The number of aromatic nitrogens is 2.